The number of fused-ring (bicyclic) bond motifs is 5. The summed E-state index contributed by atoms with van der Waals surface area (Å²) in [6, 6.07) is 0. The summed E-state index contributed by atoms with van der Waals surface area (Å²) in [5.74, 6) is 7.32. The minimum absolute atomic E-state index is 0.430. The summed E-state index contributed by atoms with van der Waals surface area (Å²) in [6.07, 6.45) is 14.6. The predicted octanol–water partition coefficient (Wildman–Crippen LogP) is 7.92. The molecule has 1 nitrogen and oxygen atoms in total. The Balaban J connectivity index is 1.50. The first kappa shape index (κ1) is 21.9. The van der Waals surface area contributed by atoms with Crippen molar-refractivity contribution in [2.45, 2.75) is 112 Å². The average molecular weight is 401 g/mol. The number of carbonyl (C=O) groups is 1. The Morgan fingerprint density at radius 3 is 2.41 bits per heavy atom. The topological polar surface area (TPSA) is 17.1 Å². The molecule has 0 heterocycles. The summed E-state index contributed by atoms with van der Waals surface area (Å²) in [6.45, 7) is 15.0. The van der Waals surface area contributed by atoms with Crippen molar-refractivity contribution in [3.8, 4) is 0 Å². The molecule has 4 aliphatic rings. The second-order valence-corrected chi connectivity index (χ2v) is 12.9. The van der Waals surface area contributed by atoms with Crippen LogP contribution < -0.4 is 0 Å². The van der Waals surface area contributed by atoms with Gasteiger partial charge in [0.25, 0.3) is 0 Å². The second kappa shape index (κ2) is 7.98. The molecule has 0 aromatic rings. The number of ketones is 1. The minimum atomic E-state index is 0.430. The van der Waals surface area contributed by atoms with Gasteiger partial charge in [0.15, 0.2) is 0 Å². The Morgan fingerprint density at radius 1 is 0.931 bits per heavy atom. The van der Waals surface area contributed by atoms with Gasteiger partial charge in [-0.2, -0.15) is 0 Å². The van der Waals surface area contributed by atoms with Gasteiger partial charge in [0, 0.05) is 12.8 Å². The highest BCUT2D eigenvalue weighted by Gasteiger charge is 2.61. The summed E-state index contributed by atoms with van der Waals surface area (Å²) in [5, 5.41) is 0. The van der Waals surface area contributed by atoms with Gasteiger partial charge in [-0.3, -0.25) is 4.79 Å². The number of rotatable bonds is 5. The van der Waals surface area contributed by atoms with Crippen molar-refractivity contribution in [1.82, 2.24) is 0 Å². The van der Waals surface area contributed by atoms with Gasteiger partial charge < -0.3 is 0 Å². The van der Waals surface area contributed by atoms with Gasteiger partial charge >= 0.3 is 0 Å². The lowest BCUT2D eigenvalue weighted by atomic mass is 9.42. The number of carbonyl (C=O) groups excluding carboxylic acids is 1. The molecule has 4 saturated carbocycles. The Morgan fingerprint density at radius 2 is 1.69 bits per heavy atom. The number of Topliss-reactive ketones (excluding diaryl/α,β-unsaturated/α-hetero) is 1. The van der Waals surface area contributed by atoms with Gasteiger partial charge in [-0.05, 0) is 96.7 Å². The smallest absolute Gasteiger partial charge is 0.133 e. The van der Waals surface area contributed by atoms with E-state index in [9.17, 15) is 4.79 Å². The molecule has 166 valence electrons. The summed E-state index contributed by atoms with van der Waals surface area (Å²) < 4.78 is 0. The largest absolute Gasteiger partial charge is 0.300 e. The molecule has 0 spiro atoms. The zero-order valence-corrected chi connectivity index (χ0v) is 20.3. The van der Waals surface area contributed by atoms with E-state index in [1.165, 1.54) is 57.8 Å². The molecule has 9 atom stereocenters. The zero-order valence-electron chi connectivity index (χ0n) is 20.3. The zero-order chi connectivity index (χ0) is 21.0. The fourth-order valence-corrected chi connectivity index (χ4v) is 9.50. The van der Waals surface area contributed by atoms with Gasteiger partial charge in [-0.1, -0.05) is 60.8 Å². The first-order valence-corrected chi connectivity index (χ1v) is 13.2. The van der Waals surface area contributed by atoms with Crippen LogP contribution in [0.1, 0.15) is 112 Å². The summed E-state index contributed by atoms with van der Waals surface area (Å²) in [4.78, 5) is 12.3. The van der Waals surface area contributed by atoms with Crippen molar-refractivity contribution in [2.75, 3.05) is 0 Å². The molecule has 0 aromatic carbocycles. The van der Waals surface area contributed by atoms with E-state index in [0.29, 0.717) is 28.4 Å². The van der Waals surface area contributed by atoms with E-state index in [4.69, 9.17) is 0 Å². The van der Waals surface area contributed by atoms with Crippen LogP contribution >= 0.6 is 0 Å². The van der Waals surface area contributed by atoms with Crippen LogP contribution in [0.15, 0.2) is 0 Å². The van der Waals surface area contributed by atoms with E-state index in [0.717, 1.165) is 48.3 Å². The molecule has 0 aliphatic heterocycles. The fraction of sp³-hybridized carbons (Fsp3) is 0.964. The van der Waals surface area contributed by atoms with Crippen molar-refractivity contribution in [1.29, 1.82) is 0 Å². The molecule has 0 amide bonds. The average Bonchev–Trinajstić information content (AvgIpc) is 3.00. The quantitative estimate of drug-likeness (QED) is 0.458. The Bertz CT molecular complexity index is 607. The van der Waals surface area contributed by atoms with Gasteiger partial charge in [-0.15, -0.1) is 0 Å². The maximum absolute atomic E-state index is 12.3. The first-order valence-electron chi connectivity index (χ1n) is 13.2. The third-order valence-corrected chi connectivity index (χ3v) is 11.2. The SMILES string of the molecule is CC(C)CCC[C@@H](C)[C@H]1CC[C@H]2[C@@H]3CCC4CC(=O)CC(C)[C@]4(C)[C@H]3CC[C@]12C. The van der Waals surface area contributed by atoms with Crippen LogP contribution in [0.25, 0.3) is 0 Å². The van der Waals surface area contributed by atoms with E-state index in [-0.39, 0.29) is 0 Å². The second-order valence-electron chi connectivity index (χ2n) is 12.9. The molecule has 0 aromatic heterocycles. The molecule has 0 radical (unpaired) electrons. The number of hydrogen-bond acceptors (Lipinski definition) is 1. The molecule has 2 unspecified atom stereocenters. The van der Waals surface area contributed by atoms with Crippen LogP contribution in [0.2, 0.25) is 0 Å². The molecule has 0 saturated heterocycles. The van der Waals surface area contributed by atoms with E-state index in [1.807, 2.05) is 0 Å². The highest BCUT2D eigenvalue weighted by molar-refractivity contribution is 5.80. The Kier molecular flexibility index (Phi) is 6.02. The molecular weight excluding hydrogens is 352 g/mol. The van der Waals surface area contributed by atoms with Crippen molar-refractivity contribution in [2.24, 2.45) is 58.2 Å². The minimum Gasteiger partial charge on any atom is -0.300 e. The Labute approximate surface area is 181 Å². The molecule has 0 N–H and O–H groups in total. The first-order chi connectivity index (χ1) is 13.7. The van der Waals surface area contributed by atoms with E-state index < -0.39 is 0 Å². The van der Waals surface area contributed by atoms with Crippen LogP contribution in [0, 0.1) is 58.2 Å². The molecule has 29 heavy (non-hydrogen) atoms. The van der Waals surface area contributed by atoms with E-state index >= 15 is 0 Å². The lowest BCUT2D eigenvalue weighted by molar-refractivity contribution is -0.152. The standard InChI is InChI=1S/C28H48O/c1-18(2)8-7-9-19(3)24-12-13-25-23-11-10-21-17-22(29)16-20(4)28(21,6)26(23)14-15-27(24,25)5/h18-21,23-26H,7-17H2,1-6H3/t19-,20?,21?,23+,24-,25+,26+,27-,28+/m1/s1. The summed E-state index contributed by atoms with van der Waals surface area (Å²) in [7, 11) is 0. The van der Waals surface area contributed by atoms with Gasteiger partial charge in [0.05, 0.1) is 0 Å². The Hall–Kier alpha value is -0.330. The van der Waals surface area contributed by atoms with Crippen LogP contribution in [0.5, 0.6) is 0 Å². The maximum atomic E-state index is 12.3. The molecule has 4 rings (SSSR count). The fourth-order valence-electron chi connectivity index (χ4n) is 9.50. The van der Waals surface area contributed by atoms with Gasteiger partial charge in [-0.25, -0.2) is 0 Å². The van der Waals surface area contributed by atoms with Gasteiger partial charge in [0.2, 0.25) is 0 Å². The molecular formula is C28H48O. The van der Waals surface area contributed by atoms with Crippen LogP contribution in [-0.4, -0.2) is 5.78 Å². The van der Waals surface area contributed by atoms with E-state index in [2.05, 4.69) is 41.5 Å². The molecule has 1 heteroatoms. The highest BCUT2D eigenvalue weighted by atomic mass is 16.1. The van der Waals surface area contributed by atoms with Crippen molar-refractivity contribution in [3.63, 3.8) is 0 Å². The molecule has 0 bridgehead atoms. The van der Waals surface area contributed by atoms with Crippen molar-refractivity contribution < 1.29 is 4.79 Å². The van der Waals surface area contributed by atoms with Crippen molar-refractivity contribution in [3.05, 3.63) is 0 Å². The van der Waals surface area contributed by atoms with Gasteiger partial charge in [0.1, 0.15) is 5.78 Å². The third kappa shape index (κ3) is 3.55. The lowest BCUT2D eigenvalue weighted by Crippen LogP contribution is -2.56. The summed E-state index contributed by atoms with van der Waals surface area (Å²) in [5.41, 5.74) is 1.02. The normalized spacial score (nSPS) is 48.2. The van der Waals surface area contributed by atoms with E-state index in [1.54, 1.807) is 0 Å². The highest BCUT2D eigenvalue weighted by Crippen LogP contribution is 2.69. The summed E-state index contributed by atoms with van der Waals surface area (Å²) >= 11 is 0. The molecule has 4 aliphatic carbocycles. The third-order valence-electron chi connectivity index (χ3n) is 11.2. The molecule has 4 fully saturated rings. The number of hydrogen-bond donors (Lipinski definition) is 0. The lowest BCUT2D eigenvalue weighted by Gasteiger charge is -2.62. The van der Waals surface area contributed by atoms with Crippen molar-refractivity contribution >= 4 is 5.78 Å². The predicted molar refractivity (Wildman–Crippen MR) is 123 cm³/mol. The van der Waals surface area contributed by atoms with Crippen LogP contribution in [-0.2, 0) is 4.79 Å². The monoisotopic (exact) mass is 400 g/mol. The van der Waals surface area contributed by atoms with Crippen LogP contribution in [0.3, 0.4) is 0 Å². The van der Waals surface area contributed by atoms with Crippen LogP contribution in [0.4, 0.5) is 0 Å². The maximum Gasteiger partial charge on any atom is 0.133 e.